The molecule has 7 aromatic rings. The lowest BCUT2D eigenvalue weighted by Crippen LogP contribution is -2.55. The van der Waals surface area contributed by atoms with Crippen LogP contribution in [0.4, 0.5) is 20.8 Å². The molecule has 3 aromatic carbocycles. The molecule has 2 unspecified atom stereocenters. The number of fused-ring (bicyclic) bond motifs is 5. The Kier molecular flexibility index (Phi) is 16.0. The number of likely N-dealkylation sites (tertiary alicyclic amines) is 1. The largest absolute Gasteiger partial charge is 0.508 e. The van der Waals surface area contributed by atoms with E-state index in [9.17, 15) is 24.6 Å². The molecule has 20 nitrogen and oxygen atoms in total. The lowest BCUT2D eigenvalue weighted by molar-refractivity contribution is -0.141. The van der Waals surface area contributed by atoms with Gasteiger partial charge in [0.2, 0.25) is 11.8 Å². The van der Waals surface area contributed by atoms with Crippen LogP contribution in [0.2, 0.25) is 0 Å². The Bertz CT molecular complexity index is 3720. The summed E-state index contributed by atoms with van der Waals surface area (Å²) in [5.74, 6) is -0.710. The zero-order chi connectivity index (χ0) is 60.4. The third-order valence-electron chi connectivity index (χ3n) is 19.3. The first-order valence-electron chi connectivity index (χ1n) is 31.0. The van der Waals surface area contributed by atoms with Gasteiger partial charge in [0, 0.05) is 87.7 Å². The second-order valence-electron chi connectivity index (χ2n) is 25.3. The molecule has 6 saturated heterocycles. The number of thiazole rings is 1. The lowest BCUT2D eigenvalue weighted by atomic mass is 9.91. The molecule has 4 N–H and O–H groups in total. The van der Waals surface area contributed by atoms with Crippen LogP contribution in [0, 0.1) is 18.7 Å². The molecule has 6 fully saturated rings. The molecule has 0 spiro atoms. The quantitative estimate of drug-likeness (QED) is 0.0708. The van der Waals surface area contributed by atoms with Crippen LogP contribution in [0.25, 0.3) is 43.4 Å². The number of ether oxygens (including phenoxy) is 2. The molecular weight excluding hydrogens is 1130 g/mol. The first kappa shape index (κ1) is 58.5. The van der Waals surface area contributed by atoms with E-state index >= 15 is 4.39 Å². The summed E-state index contributed by atoms with van der Waals surface area (Å²) in [5, 5.41) is 35.1. The second-order valence-corrected chi connectivity index (χ2v) is 26.2. The molecule has 6 aliphatic rings. The maximum atomic E-state index is 17.4. The molecule has 9 atom stereocenters. The zero-order valence-electron chi connectivity index (χ0n) is 50.2. The van der Waals surface area contributed by atoms with Crippen molar-refractivity contribution in [2.45, 2.75) is 147 Å². The summed E-state index contributed by atoms with van der Waals surface area (Å²) in [4.78, 5) is 72.4. The molecule has 13 rings (SSSR count). The number of carbonyl (C=O) groups is 3. The monoisotopic (exact) mass is 1200 g/mol. The highest BCUT2D eigenvalue weighted by Gasteiger charge is 2.51. The topological polar surface area (TPSA) is 228 Å². The molecule has 0 aliphatic carbocycles. The van der Waals surface area contributed by atoms with Crippen molar-refractivity contribution in [2.75, 3.05) is 68.8 Å². The fourth-order valence-corrected chi connectivity index (χ4v) is 15.6. The van der Waals surface area contributed by atoms with Gasteiger partial charge in [-0.3, -0.25) is 19.5 Å². The molecule has 0 saturated carbocycles. The number of nitrogens with one attached hydrogen (secondary N) is 2. The fraction of sp³-hybridized carbons (Fsp3) is 0.508. The van der Waals surface area contributed by atoms with Crippen LogP contribution in [0.5, 0.6) is 11.8 Å². The SMILES string of the molecule is CCc1cccc2cc(O)cc(-c3ncc4c(N5CC6CCC(C5)N6)nc(OC[C@@]56CCCN5[C@H](COC(=O)N5CCN(c7cc([C@H](C(=O)N8C[C@H](O)C[C@H]8C(=O)N[C@@H](C)c8ccc(-c9scnc9C)cc8)C(C)C)on7)C[C@@H]5C)CC6)nc4c3F)c12. The minimum Gasteiger partial charge on any atom is -0.508 e. The third kappa shape index (κ3) is 11.2. The van der Waals surface area contributed by atoms with Gasteiger partial charge in [-0.25, -0.2) is 14.2 Å². The maximum absolute atomic E-state index is 17.4. The van der Waals surface area contributed by atoms with Crippen molar-refractivity contribution in [1.29, 1.82) is 0 Å². The van der Waals surface area contributed by atoms with Crippen LogP contribution in [0.3, 0.4) is 0 Å². The summed E-state index contributed by atoms with van der Waals surface area (Å²) in [6, 6.07) is 18.2. The highest BCUT2D eigenvalue weighted by atomic mass is 32.1. The number of rotatable bonds is 16. The number of carbonyl (C=O) groups excluding carboxylic acids is 3. The number of pyridine rings is 1. The summed E-state index contributed by atoms with van der Waals surface area (Å²) in [6.45, 7) is 15.8. The third-order valence-corrected chi connectivity index (χ3v) is 20.3. The Hall–Kier alpha value is -7.53. The summed E-state index contributed by atoms with van der Waals surface area (Å²) >= 11 is 1.58. The van der Waals surface area contributed by atoms with Gasteiger partial charge in [-0.05, 0) is 118 Å². The van der Waals surface area contributed by atoms with Crippen molar-refractivity contribution in [3.8, 4) is 33.5 Å². The van der Waals surface area contributed by atoms with E-state index < -0.39 is 23.9 Å². The van der Waals surface area contributed by atoms with Crippen molar-refractivity contribution in [1.82, 2.24) is 50.4 Å². The first-order chi connectivity index (χ1) is 42.0. The molecule has 6 aliphatic heterocycles. The predicted octanol–water partition coefficient (Wildman–Crippen LogP) is 8.91. The molecule has 3 amide bonds. The van der Waals surface area contributed by atoms with E-state index in [1.54, 1.807) is 40.6 Å². The van der Waals surface area contributed by atoms with Crippen LogP contribution < -0.4 is 25.2 Å². The van der Waals surface area contributed by atoms with Crippen LogP contribution in [0.15, 0.2) is 76.9 Å². The predicted molar refractivity (Wildman–Crippen MR) is 329 cm³/mol. The maximum Gasteiger partial charge on any atom is 0.410 e. The van der Waals surface area contributed by atoms with Gasteiger partial charge in [0.1, 0.15) is 48.0 Å². The number of halogens is 1. The Balaban J connectivity index is 0.642. The minimum absolute atomic E-state index is 0.0215. The van der Waals surface area contributed by atoms with Gasteiger partial charge in [0.25, 0.3) is 0 Å². The zero-order valence-corrected chi connectivity index (χ0v) is 51.1. The smallest absolute Gasteiger partial charge is 0.410 e. The molecule has 87 heavy (non-hydrogen) atoms. The van der Waals surface area contributed by atoms with Crippen LogP contribution in [0.1, 0.15) is 114 Å². The number of benzene rings is 3. The highest BCUT2D eigenvalue weighted by Crippen LogP contribution is 2.44. The number of aryl methyl sites for hydroxylation is 2. The number of β-amino-alcohol motifs (C(OH)–C–C–N with tert-alkyl or cyclic N) is 1. The average molecular weight is 1210 g/mol. The van der Waals surface area contributed by atoms with Gasteiger partial charge in [-0.1, -0.05) is 68.4 Å². The number of anilines is 2. The van der Waals surface area contributed by atoms with Crippen LogP contribution >= 0.6 is 11.3 Å². The van der Waals surface area contributed by atoms with Crippen LogP contribution in [-0.2, 0) is 20.7 Å². The van der Waals surface area contributed by atoms with E-state index in [1.807, 2.05) is 87.5 Å². The second kappa shape index (κ2) is 23.9. The molecule has 0 radical (unpaired) electrons. The number of amides is 3. The van der Waals surface area contributed by atoms with Crippen molar-refractivity contribution in [2.24, 2.45) is 5.92 Å². The number of aromatic hydroxyl groups is 1. The van der Waals surface area contributed by atoms with E-state index in [4.69, 9.17) is 28.9 Å². The summed E-state index contributed by atoms with van der Waals surface area (Å²) in [6.07, 6.45) is 6.81. The number of hydrogen-bond acceptors (Lipinski definition) is 18. The normalized spacial score (nSPS) is 24.6. The molecule has 10 heterocycles. The summed E-state index contributed by atoms with van der Waals surface area (Å²) in [5.41, 5.74) is 6.15. The molecule has 458 valence electrons. The number of nitrogens with zero attached hydrogens (tertiary/aromatic N) is 10. The summed E-state index contributed by atoms with van der Waals surface area (Å²) in [7, 11) is 0. The molecule has 2 bridgehead atoms. The number of aromatic nitrogens is 5. The molecule has 4 aromatic heterocycles. The number of aliphatic hydroxyl groups is 1. The van der Waals surface area contributed by atoms with E-state index in [0.29, 0.717) is 79.6 Å². The first-order valence-corrected chi connectivity index (χ1v) is 31.9. The number of phenolic OH excluding ortho intramolecular Hbond substituents is 1. The van der Waals surface area contributed by atoms with Gasteiger partial charge >= 0.3 is 12.1 Å². The van der Waals surface area contributed by atoms with E-state index in [1.165, 1.54) is 4.90 Å². The molecular formula is C65H77FN12O8S. The minimum atomic E-state index is -0.869. The van der Waals surface area contributed by atoms with Gasteiger partial charge in [0.05, 0.1) is 39.2 Å². The Morgan fingerprint density at radius 1 is 0.943 bits per heavy atom. The van der Waals surface area contributed by atoms with Crippen molar-refractivity contribution >= 4 is 62.6 Å². The van der Waals surface area contributed by atoms with E-state index in [-0.39, 0.29) is 96.6 Å². The highest BCUT2D eigenvalue weighted by molar-refractivity contribution is 7.13. The Labute approximate surface area is 509 Å². The van der Waals surface area contributed by atoms with Crippen molar-refractivity contribution in [3.05, 3.63) is 101 Å². The van der Waals surface area contributed by atoms with E-state index in [2.05, 4.69) is 37.5 Å². The lowest BCUT2D eigenvalue weighted by Gasteiger charge is -2.39. The number of aliphatic hydroxyl groups excluding tert-OH is 1. The van der Waals surface area contributed by atoms with Gasteiger partial charge < -0.3 is 54.4 Å². The van der Waals surface area contributed by atoms with Crippen LogP contribution in [-0.4, -0.2) is 169 Å². The van der Waals surface area contributed by atoms with E-state index in [0.717, 1.165) is 83.1 Å². The van der Waals surface area contributed by atoms with Gasteiger partial charge in [-0.15, -0.1) is 11.3 Å². The van der Waals surface area contributed by atoms with Crippen molar-refractivity contribution in [3.63, 3.8) is 0 Å². The number of phenols is 1. The van der Waals surface area contributed by atoms with Crippen molar-refractivity contribution < 1.29 is 43.0 Å². The number of hydrogen-bond donors (Lipinski definition) is 4. The van der Waals surface area contributed by atoms with Gasteiger partial charge in [0.15, 0.2) is 17.4 Å². The molecule has 22 heteroatoms. The average Bonchev–Trinajstić information content (AvgIpc) is 1.47. The fourth-order valence-electron chi connectivity index (χ4n) is 14.8. The standard InChI is InChI=1S/C65H77FN12O8S/c1-7-40-10-8-11-43-24-47(79)25-49(55(40)43)57-56(66)58-50(28-67-57)60(75-30-44-16-17-45(31-75)70-44)72-63(71-58)85-34-65-19-9-21-78(65)46(18-20-65)33-84-64(83)76-23-22-74(29-37(76)4)53-27-52(86-73-53)54(36(2)3)62(82)77-32-48(80)26-51(77)61(81)69-38(5)41-12-14-42(15-13-41)59-39(6)68-35-87-59/h8,10-15,24-25,27-28,35-38,44-46,48,51,54,70,79-80H,7,9,16-23,26,29-34H2,1-6H3,(H,69,81)/t37-,38-,44?,45?,46-,48+,51-,54+,65-/m0/s1. The number of piperazine rings is 2. The summed E-state index contributed by atoms with van der Waals surface area (Å²) < 4.78 is 36.2. The Morgan fingerprint density at radius 3 is 2.49 bits per heavy atom. The Morgan fingerprint density at radius 2 is 1.75 bits per heavy atom. The van der Waals surface area contributed by atoms with Gasteiger partial charge in [-0.2, -0.15) is 9.97 Å².